The number of aromatic nitrogens is 1. The zero-order valence-corrected chi connectivity index (χ0v) is 8.75. The third-order valence-electron chi connectivity index (χ3n) is 2.11. The summed E-state index contributed by atoms with van der Waals surface area (Å²) in [6.07, 6.45) is 3.98. The number of hydrogen-bond acceptors (Lipinski definition) is 3. The average Bonchev–Trinajstić information content (AvgIpc) is 2.23. The van der Waals surface area contributed by atoms with Crippen LogP contribution in [-0.2, 0) is 0 Å². The zero-order valence-electron chi connectivity index (χ0n) is 8.75. The molecule has 0 saturated carbocycles. The lowest BCUT2D eigenvalue weighted by Gasteiger charge is -2.04. The molecule has 0 aliphatic rings. The van der Waals surface area contributed by atoms with E-state index in [4.69, 9.17) is 5.11 Å². The summed E-state index contributed by atoms with van der Waals surface area (Å²) in [5, 5.41) is 11.6. The molecule has 0 unspecified atom stereocenters. The molecule has 2 N–H and O–H groups in total. The van der Waals surface area contributed by atoms with Gasteiger partial charge in [0.05, 0.1) is 0 Å². The third-order valence-corrected chi connectivity index (χ3v) is 2.11. The van der Waals surface area contributed by atoms with E-state index in [0.717, 1.165) is 32.2 Å². The number of unbranched alkanes of at least 4 members (excludes halogenated alkanes) is 3. The predicted molar refractivity (Wildman–Crippen MR) is 58.2 cm³/mol. The summed E-state index contributed by atoms with van der Waals surface area (Å²) in [6, 6.07) is 4.71. The maximum Gasteiger partial charge on any atom is 0.214 e. The Balaban J connectivity index is 2.10. The van der Waals surface area contributed by atoms with E-state index >= 15 is 0 Å². The highest BCUT2D eigenvalue weighted by Gasteiger charge is 1.95. The first-order valence-corrected chi connectivity index (χ1v) is 5.30. The van der Waals surface area contributed by atoms with Gasteiger partial charge in [-0.25, -0.2) is 4.98 Å². The number of pyridine rings is 1. The van der Waals surface area contributed by atoms with Crippen molar-refractivity contribution in [3.8, 4) is 0 Å². The Morgan fingerprint density at radius 2 is 2.00 bits per heavy atom. The molecule has 0 aliphatic carbocycles. The Labute approximate surface area is 89.4 Å². The van der Waals surface area contributed by atoms with Crippen LogP contribution in [0, 0.1) is 5.95 Å². The van der Waals surface area contributed by atoms with Crippen LogP contribution in [0.3, 0.4) is 0 Å². The largest absolute Gasteiger partial charge is 0.396 e. The molecule has 0 radical (unpaired) electrons. The van der Waals surface area contributed by atoms with Crippen LogP contribution in [0.25, 0.3) is 0 Å². The van der Waals surface area contributed by atoms with Crippen molar-refractivity contribution >= 4 is 5.82 Å². The molecular formula is C11H17FN2O. The van der Waals surface area contributed by atoms with Crippen molar-refractivity contribution in [1.82, 2.24) is 4.98 Å². The first-order chi connectivity index (χ1) is 7.33. The fourth-order valence-electron chi connectivity index (χ4n) is 1.31. The quantitative estimate of drug-likeness (QED) is 0.538. The van der Waals surface area contributed by atoms with Crippen molar-refractivity contribution in [3.63, 3.8) is 0 Å². The van der Waals surface area contributed by atoms with Crippen LogP contribution in [0.2, 0.25) is 0 Å². The Morgan fingerprint density at radius 1 is 1.20 bits per heavy atom. The van der Waals surface area contributed by atoms with Crippen LogP contribution in [0.5, 0.6) is 0 Å². The molecule has 0 fully saturated rings. The van der Waals surface area contributed by atoms with Gasteiger partial charge in [-0.3, -0.25) is 0 Å². The van der Waals surface area contributed by atoms with E-state index in [0.29, 0.717) is 5.82 Å². The topological polar surface area (TPSA) is 45.1 Å². The van der Waals surface area contributed by atoms with Crippen LogP contribution in [0.15, 0.2) is 18.2 Å². The maximum atomic E-state index is 12.7. The second-order valence-electron chi connectivity index (χ2n) is 3.41. The van der Waals surface area contributed by atoms with Crippen LogP contribution < -0.4 is 5.32 Å². The lowest BCUT2D eigenvalue weighted by atomic mass is 10.2. The molecule has 1 heterocycles. The van der Waals surface area contributed by atoms with Crippen molar-refractivity contribution in [2.75, 3.05) is 18.5 Å². The van der Waals surface area contributed by atoms with E-state index in [-0.39, 0.29) is 6.61 Å². The number of nitrogens with one attached hydrogen (secondary N) is 1. The average molecular weight is 212 g/mol. The first-order valence-electron chi connectivity index (χ1n) is 5.30. The van der Waals surface area contributed by atoms with Crippen molar-refractivity contribution in [2.45, 2.75) is 25.7 Å². The van der Waals surface area contributed by atoms with Gasteiger partial charge in [0.15, 0.2) is 0 Å². The molecule has 3 nitrogen and oxygen atoms in total. The van der Waals surface area contributed by atoms with Crippen LogP contribution >= 0.6 is 0 Å². The summed E-state index contributed by atoms with van der Waals surface area (Å²) >= 11 is 0. The number of aliphatic hydroxyl groups is 1. The molecule has 0 spiro atoms. The molecule has 0 aromatic carbocycles. The van der Waals surface area contributed by atoms with Gasteiger partial charge in [0.25, 0.3) is 0 Å². The van der Waals surface area contributed by atoms with E-state index < -0.39 is 5.95 Å². The number of rotatable bonds is 7. The lowest BCUT2D eigenvalue weighted by Crippen LogP contribution is -2.03. The van der Waals surface area contributed by atoms with E-state index in [1.807, 2.05) is 0 Å². The number of hydrogen-bond donors (Lipinski definition) is 2. The maximum absolute atomic E-state index is 12.7. The smallest absolute Gasteiger partial charge is 0.214 e. The summed E-state index contributed by atoms with van der Waals surface area (Å²) in [4.78, 5) is 3.69. The van der Waals surface area contributed by atoms with Gasteiger partial charge >= 0.3 is 0 Å². The molecule has 0 aliphatic heterocycles. The van der Waals surface area contributed by atoms with Gasteiger partial charge in [0, 0.05) is 13.2 Å². The van der Waals surface area contributed by atoms with Crippen LogP contribution in [-0.4, -0.2) is 23.2 Å². The minimum Gasteiger partial charge on any atom is -0.396 e. The molecule has 1 aromatic heterocycles. The van der Waals surface area contributed by atoms with Crippen molar-refractivity contribution in [2.24, 2.45) is 0 Å². The van der Waals surface area contributed by atoms with Gasteiger partial charge < -0.3 is 10.4 Å². The van der Waals surface area contributed by atoms with E-state index in [2.05, 4.69) is 10.3 Å². The predicted octanol–water partition coefficient (Wildman–Crippen LogP) is 2.19. The Bertz CT molecular complexity index is 281. The van der Waals surface area contributed by atoms with Gasteiger partial charge in [-0.1, -0.05) is 18.9 Å². The minimum absolute atomic E-state index is 0.263. The second-order valence-corrected chi connectivity index (χ2v) is 3.41. The molecule has 4 heteroatoms. The third kappa shape index (κ3) is 5.32. The van der Waals surface area contributed by atoms with E-state index in [9.17, 15) is 4.39 Å². The van der Waals surface area contributed by atoms with Gasteiger partial charge in [0.1, 0.15) is 5.82 Å². The minimum atomic E-state index is -0.458. The molecule has 0 bridgehead atoms. The summed E-state index contributed by atoms with van der Waals surface area (Å²) < 4.78 is 12.7. The molecular weight excluding hydrogens is 195 g/mol. The monoisotopic (exact) mass is 212 g/mol. The fraction of sp³-hybridized carbons (Fsp3) is 0.545. The highest BCUT2D eigenvalue weighted by atomic mass is 19.1. The SMILES string of the molecule is OCCCCCCNc1cccc(F)n1. The summed E-state index contributed by atoms with van der Waals surface area (Å²) in [5.74, 6) is 0.123. The Morgan fingerprint density at radius 3 is 2.73 bits per heavy atom. The van der Waals surface area contributed by atoms with Crippen molar-refractivity contribution in [1.29, 1.82) is 0 Å². The molecule has 0 amide bonds. The Hall–Kier alpha value is -1.16. The van der Waals surface area contributed by atoms with Gasteiger partial charge in [-0.05, 0) is 25.0 Å². The molecule has 15 heavy (non-hydrogen) atoms. The number of halogens is 1. The first kappa shape index (κ1) is 11.9. The molecule has 0 saturated heterocycles. The molecule has 1 rings (SSSR count). The van der Waals surface area contributed by atoms with Crippen LogP contribution in [0.4, 0.5) is 10.2 Å². The summed E-state index contributed by atoms with van der Waals surface area (Å²) in [7, 11) is 0. The molecule has 1 aromatic rings. The Kier molecular flexibility index (Phi) is 5.70. The number of anilines is 1. The van der Waals surface area contributed by atoms with Crippen molar-refractivity contribution in [3.05, 3.63) is 24.1 Å². The van der Waals surface area contributed by atoms with E-state index in [1.54, 1.807) is 12.1 Å². The summed E-state index contributed by atoms with van der Waals surface area (Å²) in [5.41, 5.74) is 0. The number of aliphatic hydroxyl groups excluding tert-OH is 1. The summed E-state index contributed by atoms with van der Waals surface area (Å²) in [6.45, 7) is 1.06. The van der Waals surface area contributed by atoms with Crippen LogP contribution in [0.1, 0.15) is 25.7 Å². The molecule has 84 valence electrons. The highest BCUT2D eigenvalue weighted by Crippen LogP contribution is 2.04. The highest BCUT2D eigenvalue weighted by molar-refractivity contribution is 5.33. The van der Waals surface area contributed by atoms with Crippen molar-refractivity contribution < 1.29 is 9.50 Å². The molecule has 0 atom stereocenters. The second kappa shape index (κ2) is 7.17. The standard InChI is InChI=1S/C11H17FN2O/c12-10-6-5-7-11(14-10)13-8-3-1-2-4-9-15/h5-7,15H,1-4,8-9H2,(H,13,14). The van der Waals surface area contributed by atoms with Gasteiger partial charge in [-0.2, -0.15) is 4.39 Å². The fourth-order valence-corrected chi connectivity index (χ4v) is 1.31. The van der Waals surface area contributed by atoms with E-state index in [1.165, 1.54) is 6.07 Å². The number of nitrogens with zero attached hydrogens (tertiary/aromatic N) is 1. The zero-order chi connectivity index (χ0) is 10.9. The van der Waals surface area contributed by atoms with Gasteiger partial charge in [-0.15, -0.1) is 0 Å². The van der Waals surface area contributed by atoms with Gasteiger partial charge in [0.2, 0.25) is 5.95 Å². The normalized spacial score (nSPS) is 10.3. The lowest BCUT2D eigenvalue weighted by molar-refractivity contribution is 0.283.